The normalized spacial score (nSPS) is 17.0. The Kier molecular flexibility index (Phi) is 5.29. The van der Waals surface area contributed by atoms with Crippen LogP contribution >= 0.6 is 0 Å². The number of phenols is 1. The van der Waals surface area contributed by atoms with Crippen LogP contribution in [-0.4, -0.2) is 36.0 Å². The first-order valence-corrected chi connectivity index (χ1v) is 7.04. The highest BCUT2D eigenvalue weighted by molar-refractivity contribution is 6.07. The molecule has 122 valence electrons. The van der Waals surface area contributed by atoms with Gasteiger partial charge in [0.15, 0.2) is 11.5 Å². The van der Waals surface area contributed by atoms with E-state index in [0.29, 0.717) is 23.4 Å². The molecule has 1 atom stereocenters. The molecule has 1 aliphatic heterocycles. The van der Waals surface area contributed by atoms with E-state index >= 15 is 0 Å². The summed E-state index contributed by atoms with van der Waals surface area (Å²) in [4.78, 5) is 23.2. The fraction of sp³-hybridized carbons (Fsp3) is 0.333. The number of aromatic hydroxyl groups is 1. The Morgan fingerprint density at radius 1 is 1.57 bits per heavy atom. The van der Waals surface area contributed by atoms with Gasteiger partial charge in [0.2, 0.25) is 11.8 Å². The van der Waals surface area contributed by atoms with Crippen LogP contribution in [0.4, 0.5) is 0 Å². The van der Waals surface area contributed by atoms with Crippen molar-refractivity contribution in [3.63, 3.8) is 0 Å². The lowest BCUT2D eigenvalue weighted by atomic mass is 9.99. The average Bonchev–Trinajstić information content (AvgIpc) is 2.85. The molecule has 3 N–H and O–H groups in total. The summed E-state index contributed by atoms with van der Waals surface area (Å²) in [6.45, 7) is 1.75. The fourth-order valence-electron chi connectivity index (χ4n) is 2.11. The third-order valence-electron chi connectivity index (χ3n) is 3.43. The van der Waals surface area contributed by atoms with Gasteiger partial charge in [-0.15, -0.1) is 0 Å². The minimum absolute atomic E-state index is 0.0283. The van der Waals surface area contributed by atoms with Crippen LogP contribution in [-0.2, 0) is 9.59 Å². The van der Waals surface area contributed by atoms with E-state index < -0.39 is 0 Å². The first-order chi connectivity index (χ1) is 11.0. The van der Waals surface area contributed by atoms with Gasteiger partial charge in [0.25, 0.3) is 0 Å². The number of carbonyl (C=O) groups is 2. The third-order valence-corrected chi connectivity index (χ3v) is 3.43. The predicted octanol–water partition coefficient (Wildman–Crippen LogP) is 0.753. The van der Waals surface area contributed by atoms with Crippen molar-refractivity contribution in [2.24, 2.45) is 16.1 Å². The molecule has 1 aromatic rings. The molecule has 1 aliphatic rings. The summed E-state index contributed by atoms with van der Waals surface area (Å²) in [7, 11) is 1.45. The van der Waals surface area contributed by atoms with Crippen molar-refractivity contribution >= 4 is 23.7 Å². The van der Waals surface area contributed by atoms with Crippen LogP contribution in [0.1, 0.15) is 25.3 Å². The molecule has 8 nitrogen and oxygen atoms in total. The number of benzene rings is 1. The maximum absolute atomic E-state index is 11.7. The molecule has 0 radical (unpaired) electrons. The number of hydrazone groups is 2. The zero-order valence-electron chi connectivity index (χ0n) is 12.9. The minimum atomic E-state index is -0.355. The van der Waals surface area contributed by atoms with Crippen LogP contribution in [0.25, 0.3) is 0 Å². The van der Waals surface area contributed by atoms with Crippen molar-refractivity contribution < 1.29 is 19.4 Å². The Bertz CT molecular complexity index is 669. The number of methoxy groups -OCH3 is 1. The maximum Gasteiger partial charge on any atom is 0.248 e. The topological polar surface area (TPSA) is 112 Å². The smallest absolute Gasteiger partial charge is 0.248 e. The van der Waals surface area contributed by atoms with Gasteiger partial charge in [-0.1, -0.05) is 0 Å². The van der Waals surface area contributed by atoms with Gasteiger partial charge in [-0.3, -0.25) is 9.59 Å². The van der Waals surface area contributed by atoms with Crippen molar-refractivity contribution in [3.8, 4) is 11.5 Å². The van der Waals surface area contributed by atoms with E-state index in [0.717, 1.165) is 0 Å². The van der Waals surface area contributed by atoms with Gasteiger partial charge < -0.3 is 9.84 Å². The van der Waals surface area contributed by atoms with E-state index in [9.17, 15) is 14.7 Å². The molecular formula is C15H18N4O4. The number of amides is 2. The number of phenolic OH excluding ortho intramolecular Hbond substituents is 1. The SMILES string of the molecule is COc1cc(/C=N/NC(=O)CCC2C(=O)NN=C2C)ccc1O. The van der Waals surface area contributed by atoms with Crippen molar-refractivity contribution in [1.82, 2.24) is 10.9 Å². The Hall–Kier alpha value is -2.90. The maximum atomic E-state index is 11.7. The van der Waals surface area contributed by atoms with Gasteiger partial charge in [0.1, 0.15) is 0 Å². The molecule has 0 saturated heterocycles. The van der Waals surface area contributed by atoms with Gasteiger partial charge in [-0.25, -0.2) is 10.9 Å². The molecule has 0 fully saturated rings. The van der Waals surface area contributed by atoms with Crippen LogP contribution in [0.15, 0.2) is 28.4 Å². The molecule has 8 heteroatoms. The molecule has 23 heavy (non-hydrogen) atoms. The van der Waals surface area contributed by atoms with E-state index in [4.69, 9.17) is 4.74 Å². The summed E-state index contributed by atoms with van der Waals surface area (Å²) in [6.07, 6.45) is 1.99. The van der Waals surface area contributed by atoms with E-state index in [2.05, 4.69) is 21.1 Å². The number of rotatable bonds is 6. The highest BCUT2D eigenvalue weighted by atomic mass is 16.5. The molecule has 0 aliphatic carbocycles. The zero-order valence-corrected chi connectivity index (χ0v) is 12.9. The summed E-state index contributed by atoms with van der Waals surface area (Å²) in [5.74, 6) is -0.483. The Labute approximate surface area is 133 Å². The number of carbonyl (C=O) groups excluding carboxylic acids is 2. The number of hydrogen-bond acceptors (Lipinski definition) is 6. The molecule has 1 unspecified atom stereocenters. The monoisotopic (exact) mass is 318 g/mol. The molecule has 2 amide bonds. The average molecular weight is 318 g/mol. The van der Waals surface area contributed by atoms with Gasteiger partial charge in [0, 0.05) is 12.1 Å². The molecule has 0 bridgehead atoms. The zero-order chi connectivity index (χ0) is 16.8. The van der Waals surface area contributed by atoms with Gasteiger partial charge in [-0.2, -0.15) is 10.2 Å². The van der Waals surface area contributed by atoms with Crippen LogP contribution in [0, 0.1) is 5.92 Å². The lowest BCUT2D eigenvalue weighted by Crippen LogP contribution is -2.25. The van der Waals surface area contributed by atoms with Crippen molar-refractivity contribution in [2.75, 3.05) is 7.11 Å². The van der Waals surface area contributed by atoms with Crippen LogP contribution < -0.4 is 15.6 Å². The molecular weight excluding hydrogens is 300 g/mol. The third kappa shape index (κ3) is 4.29. The first-order valence-electron chi connectivity index (χ1n) is 7.04. The Morgan fingerprint density at radius 2 is 2.35 bits per heavy atom. The summed E-state index contributed by atoms with van der Waals surface area (Å²) in [5, 5.41) is 17.1. The number of hydrogen-bond donors (Lipinski definition) is 3. The second kappa shape index (κ2) is 7.39. The predicted molar refractivity (Wildman–Crippen MR) is 84.4 cm³/mol. The van der Waals surface area contributed by atoms with Crippen LogP contribution in [0.5, 0.6) is 11.5 Å². The Balaban J connectivity index is 1.82. The second-order valence-corrected chi connectivity index (χ2v) is 5.04. The molecule has 0 saturated carbocycles. The summed E-state index contributed by atoms with van der Waals surface area (Å²) < 4.78 is 4.98. The molecule has 0 spiro atoms. The summed E-state index contributed by atoms with van der Waals surface area (Å²) >= 11 is 0. The fourth-order valence-corrected chi connectivity index (χ4v) is 2.11. The minimum Gasteiger partial charge on any atom is -0.504 e. The summed E-state index contributed by atoms with van der Waals surface area (Å²) in [6, 6.07) is 4.70. The van der Waals surface area contributed by atoms with Gasteiger partial charge >= 0.3 is 0 Å². The van der Waals surface area contributed by atoms with Crippen molar-refractivity contribution in [1.29, 1.82) is 0 Å². The lowest BCUT2D eigenvalue weighted by molar-refractivity contribution is -0.123. The summed E-state index contributed by atoms with van der Waals surface area (Å²) in [5.41, 5.74) is 6.12. The van der Waals surface area contributed by atoms with E-state index in [1.165, 1.54) is 19.4 Å². The molecule has 0 aromatic heterocycles. The standard InChI is InChI=1S/C15H18N4O4/c1-9-11(15(22)19-17-9)4-6-14(21)18-16-8-10-3-5-12(20)13(7-10)23-2/h3,5,7-8,11,20H,4,6H2,1-2H3,(H,18,21)(H,19,22)/b16-8+. The molecule has 2 rings (SSSR count). The van der Waals surface area contributed by atoms with Crippen molar-refractivity contribution in [2.45, 2.75) is 19.8 Å². The molecule has 1 aromatic carbocycles. The lowest BCUT2D eigenvalue weighted by Gasteiger charge is -2.06. The van der Waals surface area contributed by atoms with Crippen LogP contribution in [0.2, 0.25) is 0 Å². The molecule has 1 heterocycles. The van der Waals surface area contributed by atoms with Gasteiger partial charge in [-0.05, 0) is 37.1 Å². The van der Waals surface area contributed by atoms with E-state index in [1.54, 1.807) is 19.1 Å². The quantitative estimate of drug-likeness (QED) is 0.531. The van der Waals surface area contributed by atoms with E-state index in [1.807, 2.05) is 0 Å². The first kappa shape index (κ1) is 16.5. The number of nitrogens with zero attached hydrogens (tertiary/aromatic N) is 2. The highest BCUT2D eigenvalue weighted by Gasteiger charge is 2.26. The van der Waals surface area contributed by atoms with Crippen LogP contribution in [0.3, 0.4) is 0 Å². The highest BCUT2D eigenvalue weighted by Crippen LogP contribution is 2.25. The van der Waals surface area contributed by atoms with Gasteiger partial charge in [0.05, 0.1) is 19.2 Å². The number of ether oxygens (including phenoxy) is 1. The largest absolute Gasteiger partial charge is 0.504 e. The number of nitrogens with one attached hydrogen (secondary N) is 2. The Morgan fingerprint density at radius 3 is 3.00 bits per heavy atom. The second-order valence-electron chi connectivity index (χ2n) is 5.04. The van der Waals surface area contributed by atoms with Crippen molar-refractivity contribution in [3.05, 3.63) is 23.8 Å². The van der Waals surface area contributed by atoms with E-state index in [-0.39, 0.29) is 29.9 Å².